The topological polar surface area (TPSA) is 182 Å². The summed E-state index contributed by atoms with van der Waals surface area (Å²) in [7, 11) is 0. The van der Waals surface area contributed by atoms with Crippen LogP contribution in [0.15, 0.2) is 30.3 Å². The molecule has 0 heterocycles. The van der Waals surface area contributed by atoms with Gasteiger partial charge >= 0.3 is 12.0 Å². The van der Waals surface area contributed by atoms with Gasteiger partial charge in [-0.2, -0.15) is 0 Å². The standard InChI is InChI=1S/C7H6N4O5.C5H11NO2/c12-7(8-10(13)14)9(11(15)16)6-4-2-1-3-5-6;1-3(2)4(6)5(7)8/h1-5H,(H,8,12);3-4H,6H2,1-2H3,(H,7,8)/t;4-/m.0/s1. The van der Waals surface area contributed by atoms with Crippen LogP contribution in [0.5, 0.6) is 0 Å². The van der Waals surface area contributed by atoms with E-state index in [1.54, 1.807) is 19.9 Å². The number of amides is 2. The van der Waals surface area contributed by atoms with Crippen molar-refractivity contribution in [3.05, 3.63) is 50.6 Å². The van der Waals surface area contributed by atoms with Gasteiger partial charge in [-0.25, -0.2) is 25.0 Å². The van der Waals surface area contributed by atoms with Gasteiger partial charge in [0.05, 0.1) is 0 Å². The van der Waals surface area contributed by atoms with Gasteiger partial charge in [-0.1, -0.05) is 32.0 Å². The lowest BCUT2D eigenvalue weighted by atomic mass is 10.1. The molecular formula is C12H17N5O7. The van der Waals surface area contributed by atoms with Crippen molar-refractivity contribution in [1.29, 1.82) is 0 Å². The van der Waals surface area contributed by atoms with Crippen LogP contribution in [0.4, 0.5) is 10.5 Å². The van der Waals surface area contributed by atoms with Crippen molar-refractivity contribution in [2.75, 3.05) is 5.01 Å². The number of rotatable bonds is 5. The molecular weight excluding hydrogens is 326 g/mol. The number of nitrogens with one attached hydrogen (secondary N) is 1. The van der Waals surface area contributed by atoms with Crippen LogP contribution in [-0.2, 0) is 4.79 Å². The Hall–Kier alpha value is -3.28. The smallest absolute Gasteiger partial charge is 0.438 e. The van der Waals surface area contributed by atoms with Crippen LogP contribution in [0.2, 0.25) is 0 Å². The predicted molar refractivity (Wildman–Crippen MR) is 81.9 cm³/mol. The predicted octanol–water partition coefficient (Wildman–Crippen LogP) is 0.640. The molecule has 1 rings (SSSR count). The molecule has 2 amide bonds. The van der Waals surface area contributed by atoms with Crippen molar-refractivity contribution in [2.45, 2.75) is 19.9 Å². The molecule has 132 valence electrons. The van der Waals surface area contributed by atoms with Crippen molar-refractivity contribution in [3.63, 3.8) is 0 Å². The van der Waals surface area contributed by atoms with Crippen molar-refractivity contribution in [1.82, 2.24) is 5.43 Å². The molecule has 0 radical (unpaired) electrons. The first kappa shape index (κ1) is 20.7. The van der Waals surface area contributed by atoms with Gasteiger partial charge in [0.15, 0.2) is 10.1 Å². The third-order valence-corrected chi connectivity index (χ3v) is 2.55. The second-order valence-electron chi connectivity index (χ2n) is 4.67. The number of para-hydroxylation sites is 1. The maximum absolute atomic E-state index is 11.1. The molecule has 1 atom stereocenters. The van der Waals surface area contributed by atoms with Crippen LogP contribution < -0.4 is 16.2 Å². The molecule has 1 aromatic carbocycles. The van der Waals surface area contributed by atoms with Crippen LogP contribution >= 0.6 is 0 Å². The number of hydrazine groups is 2. The van der Waals surface area contributed by atoms with Gasteiger partial charge in [0.2, 0.25) is 0 Å². The van der Waals surface area contributed by atoms with E-state index in [1.807, 2.05) is 0 Å². The molecule has 0 saturated heterocycles. The largest absolute Gasteiger partial charge is 0.480 e. The molecule has 0 saturated carbocycles. The number of benzene rings is 1. The summed E-state index contributed by atoms with van der Waals surface area (Å²) in [6.45, 7) is 3.55. The number of carbonyl (C=O) groups is 2. The van der Waals surface area contributed by atoms with E-state index in [4.69, 9.17) is 10.8 Å². The number of aliphatic carboxylic acids is 1. The molecule has 0 aliphatic rings. The highest BCUT2D eigenvalue weighted by Crippen LogP contribution is 2.12. The molecule has 12 nitrogen and oxygen atoms in total. The van der Waals surface area contributed by atoms with Crippen LogP contribution in [-0.4, -0.2) is 33.2 Å². The Morgan fingerprint density at radius 3 is 2.00 bits per heavy atom. The summed E-state index contributed by atoms with van der Waals surface area (Å²) in [4.78, 5) is 41.7. The number of nitrogens with two attached hydrogens (primary N) is 1. The number of nitrogens with zero attached hydrogens (tertiary/aromatic N) is 3. The van der Waals surface area contributed by atoms with E-state index in [-0.39, 0.29) is 16.6 Å². The first-order valence-electron chi connectivity index (χ1n) is 6.50. The Morgan fingerprint density at radius 2 is 1.71 bits per heavy atom. The number of nitro groups is 2. The molecule has 0 aliphatic carbocycles. The second kappa shape index (κ2) is 9.68. The number of carbonyl (C=O) groups excluding carboxylic acids is 1. The van der Waals surface area contributed by atoms with Crippen LogP contribution in [0.1, 0.15) is 13.8 Å². The second-order valence-corrected chi connectivity index (χ2v) is 4.67. The van der Waals surface area contributed by atoms with Crippen molar-refractivity contribution >= 4 is 17.7 Å². The van der Waals surface area contributed by atoms with E-state index < -0.39 is 28.1 Å². The van der Waals surface area contributed by atoms with Crippen LogP contribution in [0, 0.1) is 26.1 Å². The summed E-state index contributed by atoms with van der Waals surface area (Å²) in [5, 5.41) is 26.6. The Labute approximate surface area is 136 Å². The number of carboxylic acids is 1. The minimum absolute atomic E-state index is 0.0208. The van der Waals surface area contributed by atoms with Gasteiger partial charge in [0.25, 0.3) is 0 Å². The number of anilines is 1. The molecule has 0 bridgehead atoms. The number of carboxylic acid groups (broad SMARTS) is 1. The molecule has 1 aromatic rings. The maximum atomic E-state index is 11.1. The first-order valence-corrected chi connectivity index (χ1v) is 6.50. The Morgan fingerprint density at radius 1 is 1.21 bits per heavy atom. The van der Waals surface area contributed by atoms with Crippen LogP contribution in [0.3, 0.4) is 0 Å². The molecule has 0 aromatic heterocycles. The van der Waals surface area contributed by atoms with E-state index in [9.17, 15) is 29.8 Å². The Balaban J connectivity index is 0.000000561. The molecule has 4 N–H and O–H groups in total. The van der Waals surface area contributed by atoms with E-state index in [0.717, 1.165) is 0 Å². The van der Waals surface area contributed by atoms with Crippen molar-refractivity contribution in [3.8, 4) is 0 Å². The lowest BCUT2D eigenvalue weighted by molar-refractivity contribution is -0.535. The number of hydrogen-bond acceptors (Lipinski definition) is 7. The van der Waals surface area contributed by atoms with E-state index >= 15 is 0 Å². The van der Waals surface area contributed by atoms with E-state index in [2.05, 4.69) is 0 Å². The third-order valence-electron chi connectivity index (χ3n) is 2.55. The van der Waals surface area contributed by atoms with Gasteiger partial charge in [-0.05, 0) is 28.5 Å². The zero-order valence-electron chi connectivity index (χ0n) is 12.9. The fraction of sp³-hybridized carbons (Fsp3) is 0.333. The molecule has 0 unspecified atom stereocenters. The highest BCUT2D eigenvalue weighted by Gasteiger charge is 2.29. The first-order chi connectivity index (χ1) is 11.1. The summed E-state index contributed by atoms with van der Waals surface area (Å²) >= 11 is 0. The average molecular weight is 343 g/mol. The van der Waals surface area contributed by atoms with Crippen molar-refractivity contribution in [2.24, 2.45) is 11.7 Å². The lowest BCUT2D eigenvalue weighted by Crippen LogP contribution is -2.45. The molecule has 0 fully saturated rings. The normalized spacial score (nSPS) is 10.8. The zero-order chi connectivity index (χ0) is 18.9. The van der Waals surface area contributed by atoms with Crippen molar-refractivity contribution < 1.29 is 24.8 Å². The van der Waals surface area contributed by atoms with Gasteiger partial charge in [-0.3, -0.25) is 4.79 Å². The summed E-state index contributed by atoms with van der Waals surface area (Å²) in [6.07, 6.45) is 0. The average Bonchev–Trinajstić information content (AvgIpc) is 2.46. The Bertz CT molecular complexity index is 593. The lowest BCUT2D eigenvalue weighted by Gasteiger charge is -2.09. The summed E-state index contributed by atoms with van der Waals surface area (Å²) in [6, 6.07) is 4.92. The van der Waals surface area contributed by atoms with Gasteiger partial charge in [-0.15, -0.1) is 0 Å². The number of hydrogen-bond donors (Lipinski definition) is 3. The summed E-state index contributed by atoms with van der Waals surface area (Å²) in [5.74, 6) is -0.910. The Kier molecular flexibility index (Phi) is 8.36. The SMILES string of the molecule is CC(C)[C@H](N)C(=O)O.O=C(N[N+](=O)[O-])N(c1ccccc1)[N+](=O)[O-]. The number of urea groups is 1. The molecule has 24 heavy (non-hydrogen) atoms. The van der Waals surface area contributed by atoms with Gasteiger partial charge < -0.3 is 10.8 Å². The highest BCUT2D eigenvalue weighted by molar-refractivity contribution is 5.88. The molecule has 12 heteroatoms. The fourth-order valence-corrected chi connectivity index (χ4v) is 1.27. The zero-order valence-corrected chi connectivity index (χ0v) is 12.9. The highest BCUT2D eigenvalue weighted by atomic mass is 16.7. The third kappa shape index (κ3) is 7.13. The van der Waals surface area contributed by atoms with Crippen LogP contribution in [0.25, 0.3) is 0 Å². The minimum Gasteiger partial charge on any atom is -0.480 e. The van der Waals surface area contributed by atoms with Gasteiger partial charge in [0.1, 0.15) is 11.7 Å². The summed E-state index contributed by atoms with van der Waals surface area (Å²) < 4.78 is 0. The molecule has 0 aliphatic heterocycles. The minimum atomic E-state index is -1.44. The van der Waals surface area contributed by atoms with E-state index in [1.165, 1.54) is 29.7 Å². The molecule has 0 spiro atoms. The summed E-state index contributed by atoms with van der Waals surface area (Å²) in [5.41, 5.74) is 6.27. The van der Waals surface area contributed by atoms with E-state index in [0.29, 0.717) is 0 Å². The van der Waals surface area contributed by atoms with Gasteiger partial charge in [0, 0.05) is 0 Å². The quantitative estimate of drug-likeness (QED) is 0.514. The maximum Gasteiger partial charge on any atom is 0.438 e. The fourth-order valence-electron chi connectivity index (χ4n) is 1.27. The monoisotopic (exact) mass is 343 g/mol.